The molecule has 1 aliphatic heterocycles. The zero-order valence-electron chi connectivity index (χ0n) is 31.2. The van der Waals surface area contributed by atoms with Gasteiger partial charge in [-0.1, -0.05) is 75.5 Å². The molecular formula is C39H44Cl2F2N4O8. The number of amides is 2. The summed E-state index contributed by atoms with van der Waals surface area (Å²) in [6.45, 7) is 8.91. The van der Waals surface area contributed by atoms with E-state index in [9.17, 15) is 29.9 Å². The van der Waals surface area contributed by atoms with Gasteiger partial charge in [0.15, 0.2) is 6.29 Å². The van der Waals surface area contributed by atoms with Gasteiger partial charge in [0.2, 0.25) is 5.91 Å². The van der Waals surface area contributed by atoms with Gasteiger partial charge in [-0.05, 0) is 67.1 Å². The molecule has 0 aliphatic carbocycles. The molecule has 0 spiro atoms. The van der Waals surface area contributed by atoms with Crippen LogP contribution in [-0.4, -0.2) is 71.4 Å². The zero-order valence-corrected chi connectivity index (χ0v) is 32.7. The van der Waals surface area contributed by atoms with E-state index < -0.39 is 70.8 Å². The summed E-state index contributed by atoms with van der Waals surface area (Å²) < 4.78 is 42.5. The van der Waals surface area contributed by atoms with Gasteiger partial charge in [-0.25, -0.2) is 18.4 Å². The zero-order chi connectivity index (χ0) is 40.8. The van der Waals surface area contributed by atoms with Crippen molar-refractivity contribution in [3.63, 3.8) is 0 Å². The molecule has 296 valence electrons. The SMILES string of the molecule is CCC[C@@H](C(O)O)N(OC(=O)c1ccc(NC(=O)[C@@H]2N[C@@H](CC(C)(C)C)[C@](C#N)(c3ccc(Cl)cc3F)[C@H]2c2cccc(Cl)c2F)c(OC)c1)C(=O)OCC. The molecule has 0 radical (unpaired) electrons. The lowest BCUT2D eigenvalue weighted by Gasteiger charge is -2.37. The maximum Gasteiger partial charge on any atom is 0.443 e. The molecule has 1 fully saturated rings. The Morgan fingerprint density at radius 1 is 1.09 bits per heavy atom. The summed E-state index contributed by atoms with van der Waals surface area (Å²) in [5.74, 6) is -4.92. The number of carbonyl (C=O) groups is 3. The first-order chi connectivity index (χ1) is 25.9. The Morgan fingerprint density at radius 3 is 2.38 bits per heavy atom. The number of nitriles is 1. The minimum absolute atomic E-state index is 0.0391. The van der Waals surface area contributed by atoms with E-state index in [1.165, 1.54) is 62.6 Å². The minimum atomic E-state index is -2.06. The van der Waals surface area contributed by atoms with Gasteiger partial charge < -0.3 is 35.2 Å². The van der Waals surface area contributed by atoms with Crippen LogP contribution in [-0.2, 0) is 19.8 Å². The number of halogens is 4. The highest BCUT2D eigenvalue weighted by Gasteiger charge is 2.61. The molecule has 12 nitrogen and oxygen atoms in total. The molecule has 0 unspecified atom stereocenters. The smallest absolute Gasteiger partial charge is 0.443 e. The molecule has 2 amide bonds. The average Bonchev–Trinajstić information content (AvgIpc) is 3.43. The molecule has 4 rings (SSSR count). The largest absolute Gasteiger partial charge is 0.495 e. The monoisotopic (exact) mass is 804 g/mol. The second kappa shape index (κ2) is 18.0. The highest BCUT2D eigenvalue weighted by molar-refractivity contribution is 6.31. The van der Waals surface area contributed by atoms with Crippen LogP contribution in [0.1, 0.15) is 81.3 Å². The van der Waals surface area contributed by atoms with E-state index in [1.54, 1.807) is 6.92 Å². The molecule has 5 atom stereocenters. The van der Waals surface area contributed by atoms with E-state index in [2.05, 4.69) is 16.7 Å². The fourth-order valence-electron chi connectivity index (χ4n) is 6.94. The standard InChI is InChI=1S/C39H44Cl2F2N4O8/c1-7-10-28(35(49)50)47(37(52)54-8-2)55-36(51)21-13-16-27(29(17-21)53-6)45-34(48)33-31(23-11-9-12-25(41)32(23)43)39(20-44,30(46-33)19-38(3,4)5)24-15-14-22(40)18-26(24)42/h9,11-18,28,30-31,33,35,46,49-50H,7-8,10,19H2,1-6H3,(H,45,48)/t28-,30-,31-,33+,39-/m0/s1. The van der Waals surface area contributed by atoms with E-state index in [0.29, 0.717) is 11.5 Å². The second-order valence-corrected chi connectivity index (χ2v) is 15.1. The Bertz CT molecular complexity index is 1940. The summed E-state index contributed by atoms with van der Waals surface area (Å²) in [4.78, 5) is 45.7. The third kappa shape index (κ3) is 9.31. The molecule has 3 aromatic rings. The molecule has 16 heteroatoms. The summed E-state index contributed by atoms with van der Waals surface area (Å²) in [5.41, 5.74) is -2.63. The number of hydroxylamine groups is 2. The van der Waals surface area contributed by atoms with E-state index in [-0.39, 0.29) is 57.6 Å². The Hall–Kier alpha value is -4.52. The van der Waals surface area contributed by atoms with Gasteiger partial charge >= 0.3 is 12.1 Å². The first-order valence-corrected chi connectivity index (χ1v) is 18.3. The lowest BCUT2D eigenvalue weighted by Crippen LogP contribution is -2.48. The number of rotatable bonds is 12. The molecule has 4 N–H and O–H groups in total. The molecule has 55 heavy (non-hydrogen) atoms. The maximum atomic E-state index is 16.1. The van der Waals surface area contributed by atoms with Crippen LogP contribution in [0.3, 0.4) is 0 Å². The average molecular weight is 806 g/mol. The third-order valence-corrected chi connectivity index (χ3v) is 9.81. The summed E-state index contributed by atoms with van der Waals surface area (Å²) in [6.07, 6.45) is -2.47. The molecule has 1 saturated heterocycles. The predicted octanol–water partition coefficient (Wildman–Crippen LogP) is 7.25. The topological polar surface area (TPSA) is 170 Å². The van der Waals surface area contributed by atoms with Gasteiger partial charge in [0.05, 0.1) is 42.1 Å². The number of nitrogens with one attached hydrogen (secondary N) is 2. The van der Waals surface area contributed by atoms with Crippen molar-refractivity contribution in [2.45, 2.75) is 89.6 Å². The number of ether oxygens (including phenoxy) is 2. The van der Waals surface area contributed by atoms with E-state index in [1.807, 2.05) is 20.8 Å². The van der Waals surface area contributed by atoms with Crippen molar-refractivity contribution in [1.82, 2.24) is 10.4 Å². The van der Waals surface area contributed by atoms with E-state index >= 15 is 8.78 Å². The van der Waals surface area contributed by atoms with Crippen LogP contribution in [0.2, 0.25) is 10.0 Å². The summed E-state index contributed by atoms with van der Waals surface area (Å²) >= 11 is 12.4. The van der Waals surface area contributed by atoms with E-state index in [4.69, 9.17) is 37.5 Å². The predicted molar refractivity (Wildman–Crippen MR) is 200 cm³/mol. The Morgan fingerprint density at radius 2 is 1.80 bits per heavy atom. The number of hydrogen-bond donors (Lipinski definition) is 4. The van der Waals surface area contributed by atoms with Crippen LogP contribution >= 0.6 is 23.2 Å². The normalized spacial score (nSPS) is 20.0. The number of carbonyl (C=O) groups excluding carboxylic acids is 3. The fraction of sp³-hybridized carbons (Fsp3) is 0.436. The lowest BCUT2D eigenvalue weighted by molar-refractivity contribution is -0.185. The molecule has 1 aliphatic rings. The number of anilines is 1. The van der Waals surface area contributed by atoms with Gasteiger partial charge in [0.1, 0.15) is 28.8 Å². The van der Waals surface area contributed by atoms with Gasteiger partial charge in [0.25, 0.3) is 0 Å². The lowest BCUT2D eigenvalue weighted by atomic mass is 9.62. The number of aliphatic hydroxyl groups excluding tert-OH is 1. The Kier molecular flexibility index (Phi) is 14.1. The number of benzene rings is 3. The van der Waals surface area contributed by atoms with Crippen molar-refractivity contribution in [2.24, 2.45) is 5.41 Å². The molecule has 3 aromatic carbocycles. The quantitative estimate of drug-likeness (QED) is 0.108. The van der Waals surface area contributed by atoms with Crippen molar-refractivity contribution in [1.29, 1.82) is 5.26 Å². The van der Waals surface area contributed by atoms with Crippen LogP contribution in [0.4, 0.5) is 19.3 Å². The number of aliphatic hydroxyl groups is 2. The third-order valence-electron chi connectivity index (χ3n) is 9.29. The number of nitrogens with zero attached hydrogens (tertiary/aromatic N) is 2. The van der Waals surface area contributed by atoms with Crippen LogP contribution in [0.15, 0.2) is 54.6 Å². The minimum Gasteiger partial charge on any atom is -0.495 e. The van der Waals surface area contributed by atoms with Crippen molar-refractivity contribution in [2.75, 3.05) is 19.0 Å². The van der Waals surface area contributed by atoms with Gasteiger partial charge in [0, 0.05) is 22.5 Å². The van der Waals surface area contributed by atoms with Crippen molar-refractivity contribution in [3.05, 3.63) is 93.0 Å². The Balaban J connectivity index is 1.78. The van der Waals surface area contributed by atoms with Gasteiger partial charge in [-0.3, -0.25) is 4.79 Å². The van der Waals surface area contributed by atoms with Gasteiger partial charge in [-0.15, -0.1) is 5.06 Å². The second-order valence-electron chi connectivity index (χ2n) is 14.3. The van der Waals surface area contributed by atoms with Crippen molar-refractivity contribution >= 4 is 46.9 Å². The molecular weight excluding hydrogens is 761 g/mol. The van der Waals surface area contributed by atoms with Gasteiger partial charge in [-0.2, -0.15) is 5.26 Å². The molecule has 0 saturated carbocycles. The number of hydrogen-bond acceptors (Lipinski definition) is 10. The summed E-state index contributed by atoms with van der Waals surface area (Å²) in [7, 11) is 1.27. The highest BCUT2D eigenvalue weighted by Crippen LogP contribution is 2.53. The summed E-state index contributed by atoms with van der Waals surface area (Å²) in [5, 5.41) is 37.2. The van der Waals surface area contributed by atoms with Crippen LogP contribution in [0, 0.1) is 28.4 Å². The molecule has 1 heterocycles. The van der Waals surface area contributed by atoms with Crippen molar-refractivity contribution < 1.29 is 47.7 Å². The first kappa shape index (κ1) is 43.2. The Labute approximate surface area is 328 Å². The highest BCUT2D eigenvalue weighted by atomic mass is 35.5. The van der Waals surface area contributed by atoms with Crippen molar-refractivity contribution in [3.8, 4) is 11.8 Å². The first-order valence-electron chi connectivity index (χ1n) is 17.5. The number of methoxy groups -OCH3 is 1. The summed E-state index contributed by atoms with van der Waals surface area (Å²) in [6, 6.07) is 10.5. The van der Waals surface area contributed by atoms with E-state index in [0.717, 1.165) is 6.07 Å². The van der Waals surface area contributed by atoms with Crippen LogP contribution in [0.25, 0.3) is 0 Å². The molecule has 0 bridgehead atoms. The van der Waals surface area contributed by atoms with Crippen LogP contribution < -0.4 is 15.4 Å². The fourth-order valence-corrected chi connectivity index (χ4v) is 7.28. The van der Waals surface area contributed by atoms with Crippen LogP contribution in [0.5, 0.6) is 5.75 Å². The maximum absolute atomic E-state index is 16.1. The molecule has 0 aromatic heterocycles.